The molecule has 1 aliphatic carbocycles. The van der Waals surface area contributed by atoms with E-state index in [1.54, 1.807) is 6.20 Å². The number of aryl methyl sites for hydroxylation is 1. The number of carbonyl (C=O) groups is 1. The molecular formula is C13H20N4O. The molecular weight excluding hydrogens is 228 g/mol. The highest BCUT2D eigenvalue weighted by Crippen LogP contribution is 2.23. The Morgan fingerprint density at radius 3 is 2.94 bits per heavy atom. The van der Waals surface area contributed by atoms with Crippen LogP contribution < -0.4 is 5.32 Å². The molecule has 1 aliphatic heterocycles. The average molecular weight is 248 g/mol. The first kappa shape index (κ1) is 11.7. The van der Waals surface area contributed by atoms with Gasteiger partial charge in [-0.1, -0.05) is 0 Å². The molecule has 1 saturated carbocycles. The summed E-state index contributed by atoms with van der Waals surface area (Å²) in [6, 6.07) is 0.624. The summed E-state index contributed by atoms with van der Waals surface area (Å²) in [6.45, 7) is 1.49. The third-order valence-electron chi connectivity index (χ3n) is 3.80. The maximum absolute atomic E-state index is 12.4. The lowest BCUT2D eigenvalue weighted by atomic mass is 10.0. The summed E-state index contributed by atoms with van der Waals surface area (Å²) >= 11 is 0. The van der Waals surface area contributed by atoms with Crippen molar-refractivity contribution in [1.29, 1.82) is 0 Å². The molecule has 1 aromatic rings. The highest BCUT2D eigenvalue weighted by molar-refractivity contribution is 5.82. The van der Waals surface area contributed by atoms with E-state index in [9.17, 15) is 4.79 Å². The number of likely N-dealkylation sites (tertiary alicyclic amines) is 1. The highest BCUT2D eigenvalue weighted by atomic mass is 16.2. The molecule has 2 fully saturated rings. The van der Waals surface area contributed by atoms with Crippen LogP contribution in [0.5, 0.6) is 0 Å². The molecule has 0 bridgehead atoms. The number of aromatic nitrogens is 2. The molecule has 0 aromatic carbocycles. The fourth-order valence-electron chi connectivity index (χ4n) is 2.51. The third kappa shape index (κ3) is 2.41. The van der Waals surface area contributed by atoms with Gasteiger partial charge in [0.2, 0.25) is 5.91 Å². The Bertz CT molecular complexity index is 438. The van der Waals surface area contributed by atoms with Crippen LogP contribution in [0.4, 0.5) is 0 Å². The van der Waals surface area contributed by atoms with Gasteiger partial charge in [0.15, 0.2) is 0 Å². The SMILES string of the molecule is Cn1ccnc1CN1CCCC(NC2CC2)C1=O. The molecule has 1 unspecified atom stereocenters. The van der Waals surface area contributed by atoms with E-state index in [1.165, 1.54) is 12.8 Å². The molecule has 1 atom stereocenters. The second kappa shape index (κ2) is 4.72. The topological polar surface area (TPSA) is 50.2 Å². The van der Waals surface area contributed by atoms with Crippen molar-refractivity contribution in [2.24, 2.45) is 7.05 Å². The van der Waals surface area contributed by atoms with Gasteiger partial charge in [-0.25, -0.2) is 4.98 Å². The lowest BCUT2D eigenvalue weighted by Crippen LogP contribution is -2.51. The quantitative estimate of drug-likeness (QED) is 0.851. The minimum absolute atomic E-state index is 0.0338. The van der Waals surface area contributed by atoms with Gasteiger partial charge in [-0.3, -0.25) is 4.79 Å². The van der Waals surface area contributed by atoms with Crippen molar-refractivity contribution in [3.8, 4) is 0 Å². The predicted molar refractivity (Wildman–Crippen MR) is 67.8 cm³/mol. The molecule has 5 nitrogen and oxygen atoms in total. The van der Waals surface area contributed by atoms with Crippen molar-refractivity contribution in [2.45, 2.75) is 44.3 Å². The van der Waals surface area contributed by atoms with Crippen LogP contribution in [0.15, 0.2) is 12.4 Å². The van der Waals surface area contributed by atoms with Crippen LogP contribution in [-0.4, -0.2) is 39.0 Å². The number of piperidine rings is 1. The van der Waals surface area contributed by atoms with Gasteiger partial charge in [0.25, 0.3) is 0 Å². The van der Waals surface area contributed by atoms with E-state index < -0.39 is 0 Å². The number of carbonyl (C=O) groups excluding carboxylic acids is 1. The average Bonchev–Trinajstić information content (AvgIpc) is 3.08. The van der Waals surface area contributed by atoms with Crippen LogP contribution in [0, 0.1) is 0 Å². The fourth-order valence-corrected chi connectivity index (χ4v) is 2.51. The van der Waals surface area contributed by atoms with E-state index in [-0.39, 0.29) is 11.9 Å². The van der Waals surface area contributed by atoms with Crippen LogP contribution >= 0.6 is 0 Å². The summed E-state index contributed by atoms with van der Waals surface area (Å²) in [5.74, 6) is 1.20. The maximum atomic E-state index is 12.4. The molecule has 1 saturated heterocycles. The van der Waals surface area contributed by atoms with E-state index in [0.717, 1.165) is 25.2 Å². The largest absolute Gasteiger partial charge is 0.337 e. The minimum Gasteiger partial charge on any atom is -0.337 e. The number of nitrogens with one attached hydrogen (secondary N) is 1. The number of hydrogen-bond acceptors (Lipinski definition) is 3. The van der Waals surface area contributed by atoms with E-state index >= 15 is 0 Å². The van der Waals surface area contributed by atoms with Gasteiger partial charge >= 0.3 is 0 Å². The molecule has 1 amide bonds. The Labute approximate surface area is 107 Å². The molecule has 2 heterocycles. The second-order valence-corrected chi connectivity index (χ2v) is 5.35. The Kier molecular flexibility index (Phi) is 3.07. The number of hydrogen-bond donors (Lipinski definition) is 1. The summed E-state index contributed by atoms with van der Waals surface area (Å²) in [5, 5.41) is 3.45. The van der Waals surface area contributed by atoms with Crippen molar-refractivity contribution in [1.82, 2.24) is 19.8 Å². The summed E-state index contributed by atoms with van der Waals surface area (Å²) in [6.07, 6.45) is 8.21. The predicted octanol–water partition coefficient (Wildman–Crippen LogP) is 0.663. The first-order chi connectivity index (χ1) is 8.74. The summed E-state index contributed by atoms with van der Waals surface area (Å²) < 4.78 is 1.98. The van der Waals surface area contributed by atoms with Crippen LogP contribution in [0.3, 0.4) is 0 Å². The Morgan fingerprint density at radius 1 is 1.44 bits per heavy atom. The normalized spacial score (nSPS) is 24.6. The van der Waals surface area contributed by atoms with Gasteiger partial charge < -0.3 is 14.8 Å². The Hall–Kier alpha value is -1.36. The minimum atomic E-state index is 0.0338. The van der Waals surface area contributed by atoms with Crippen molar-refractivity contribution in [3.05, 3.63) is 18.2 Å². The standard InChI is InChI=1S/C13H20N4O/c1-16-8-6-14-12(16)9-17-7-2-3-11(13(17)18)15-10-4-5-10/h6,8,10-11,15H,2-5,7,9H2,1H3. The summed E-state index contributed by atoms with van der Waals surface area (Å²) in [5.41, 5.74) is 0. The second-order valence-electron chi connectivity index (χ2n) is 5.35. The Morgan fingerprint density at radius 2 is 2.28 bits per heavy atom. The zero-order valence-corrected chi connectivity index (χ0v) is 10.8. The number of nitrogens with zero attached hydrogens (tertiary/aromatic N) is 3. The fraction of sp³-hybridized carbons (Fsp3) is 0.692. The van der Waals surface area contributed by atoms with Crippen LogP contribution in [-0.2, 0) is 18.4 Å². The van der Waals surface area contributed by atoms with Gasteiger partial charge in [0.05, 0.1) is 12.6 Å². The molecule has 0 spiro atoms. The number of imidazole rings is 1. The van der Waals surface area contributed by atoms with Crippen molar-refractivity contribution in [2.75, 3.05) is 6.54 Å². The van der Waals surface area contributed by atoms with Crippen molar-refractivity contribution < 1.29 is 4.79 Å². The van der Waals surface area contributed by atoms with Gasteiger partial charge in [-0.15, -0.1) is 0 Å². The van der Waals surface area contributed by atoms with Gasteiger partial charge in [-0.05, 0) is 25.7 Å². The molecule has 3 rings (SSSR count). The van der Waals surface area contributed by atoms with E-state index in [4.69, 9.17) is 0 Å². The maximum Gasteiger partial charge on any atom is 0.240 e. The van der Waals surface area contributed by atoms with Crippen LogP contribution in [0.25, 0.3) is 0 Å². The first-order valence-electron chi connectivity index (χ1n) is 6.75. The molecule has 0 radical (unpaired) electrons. The molecule has 1 N–H and O–H groups in total. The smallest absolute Gasteiger partial charge is 0.240 e. The van der Waals surface area contributed by atoms with Crippen LogP contribution in [0.1, 0.15) is 31.5 Å². The van der Waals surface area contributed by atoms with Crippen LogP contribution in [0.2, 0.25) is 0 Å². The molecule has 18 heavy (non-hydrogen) atoms. The van der Waals surface area contributed by atoms with E-state index in [0.29, 0.717) is 12.6 Å². The molecule has 5 heteroatoms. The molecule has 1 aromatic heterocycles. The monoisotopic (exact) mass is 248 g/mol. The zero-order chi connectivity index (χ0) is 12.5. The number of rotatable bonds is 4. The lowest BCUT2D eigenvalue weighted by molar-refractivity contribution is -0.136. The molecule has 98 valence electrons. The highest BCUT2D eigenvalue weighted by Gasteiger charge is 2.33. The van der Waals surface area contributed by atoms with Crippen molar-refractivity contribution in [3.63, 3.8) is 0 Å². The van der Waals surface area contributed by atoms with E-state index in [2.05, 4.69) is 10.3 Å². The van der Waals surface area contributed by atoms with Gasteiger partial charge in [0, 0.05) is 32.0 Å². The summed E-state index contributed by atoms with van der Waals surface area (Å²) in [7, 11) is 1.97. The number of amides is 1. The third-order valence-corrected chi connectivity index (χ3v) is 3.80. The zero-order valence-electron chi connectivity index (χ0n) is 10.8. The first-order valence-corrected chi connectivity index (χ1v) is 6.75. The van der Waals surface area contributed by atoms with Gasteiger partial charge in [0.1, 0.15) is 5.82 Å². The van der Waals surface area contributed by atoms with Gasteiger partial charge in [-0.2, -0.15) is 0 Å². The van der Waals surface area contributed by atoms with E-state index in [1.807, 2.05) is 22.7 Å². The lowest BCUT2D eigenvalue weighted by Gasteiger charge is -2.32. The Balaban J connectivity index is 1.64. The summed E-state index contributed by atoms with van der Waals surface area (Å²) in [4.78, 5) is 18.6. The molecule has 2 aliphatic rings. The van der Waals surface area contributed by atoms with Crippen molar-refractivity contribution >= 4 is 5.91 Å².